The molecule has 2 aromatic rings. The molecule has 1 unspecified atom stereocenters. The third-order valence-corrected chi connectivity index (χ3v) is 6.65. The molecule has 9 heteroatoms. The number of sulfonamides is 1. The van der Waals surface area contributed by atoms with Crippen LogP contribution in [0.15, 0.2) is 41.3 Å². The van der Waals surface area contributed by atoms with E-state index in [9.17, 15) is 13.2 Å². The van der Waals surface area contributed by atoms with Crippen molar-refractivity contribution in [2.45, 2.75) is 24.9 Å². The maximum atomic E-state index is 13.3. The number of aryl methyl sites for hydroxylation is 1. The van der Waals surface area contributed by atoms with Crippen LogP contribution in [0.1, 0.15) is 22.8 Å². The largest absolute Gasteiger partial charge is 0.363 e. The fraction of sp³-hybridized carbons (Fsp3) is 0.278. The highest BCUT2D eigenvalue weighted by Crippen LogP contribution is 2.36. The second-order valence-electron chi connectivity index (χ2n) is 6.15. The highest BCUT2D eigenvalue weighted by molar-refractivity contribution is 7.99. The molecule has 0 bridgehead atoms. The Bertz CT molecular complexity index is 995. The number of fused-ring (bicyclic) bond motifs is 1. The number of carbonyl (C=O) groups excluding carboxylic acids is 1. The molecule has 1 atom stereocenters. The Morgan fingerprint density at radius 2 is 2.00 bits per heavy atom. The van der Waals surface area contributed by atoms with Crippen LogP contribution < -0.4 is 15.4 Å². The predicted molar refractivity (Wildman–Crippen MR) is 111 cm³/mol. The van der Waals surface area contributed by atoms with Crippen molar-refractivity contribution in [2.24, 2.45) is 5.14 Å². The molecule has 2 aromatic carbocycles. The minimum Gasteiger partial charge on any atom is -0.363 e. The van der Waals surface area contributed by atoms with Gasteiger partial charge in [0.2, 0.25) is 10.0 Å². The van der Waals surface area contributed by atoms with Gasteiger partial charge in [-0.1, -0.05) is 36.7 Å². The van der Waals surface area contributed by atoms with Crippen LogP contribution >= 0.6 is 23.4 Å². The lowest BCUT2D eigenvalue weighted by molar-refractivity contribution is 0.0977. The van der Waals surface area contributed by atoms with E-state index >= 15 is 0 Å². The van der Waals surface area contributed by atoms with Gasteiger partial charge in [-0.3, -0.25) is 9.69 Å². The summed E-state index contributed by atoms with van der Waals surface area (Å²) in [5.41, 5.74) is 2.45. The first-order chi connectivity index (χ1) is 12.7. The van der Waals surface area contributed by atoms with E-state index in [1.165, 1.54) is 12.1 Å². The van der Waals surface area contributed by atoms with Gasteiger partial charge in [0, 0.05) is 11.4 Å². The summed E-state index contributed by atoms with van der Waals surface area (Å²) >= 11 is 7.80. The molecular formula is C18H20ClN3O3S2. The van der Waals surface area contributed by atoms with Gasteiger partial charge in [0.1, 0.15) is 11.1 Å². The summed E-state index contributed by atoms with van der Waals surface area (Å²) in [5, 5.41) is 8.55. The molecule has 1 amide bonds. The topological polar surface area (TPSA) is 92.5 Å². The standard InChI is InChI=1S/C18H20ClN3O3S2/c1-3-26-10-17-21-14-9-13(19)16(27(20,24)25)8-12(14)18(23)22(17)15-7-5-4-6-11(15)2/h4-9,17,21H,3,10H2,1-2H3,(H2,20,24,25). The van der Waals surface area contributed by atoms with E-state index in [1.54, 1.807) is 16.7 Å². The zero-order valence-electron chi connectivity index (χ0n) is 14.9. The van der Waals surface area contributed by atoms with Crippen molar-refractivity contribution in [3.63, 3.8) is 0 Å². The Labute approximate surface area is 168 Å². The molecule has 3 rings (SSSR count). The lowest BCUT2D eigenvalue weighted by atomic mass is 10.1. The van der Waals surface area contributed by atoms with Crippen molar-refractivity contribution in [1.29, 1.82) is 0 Å². The molecule has 0 fully saturated rings. The van der Waals surface area contributed by atoms with Gasteiger partial charge in [0.05, 0.1) is 16.3 Å². The Morgan fingerprint density at radius 3 is 2.63 bits per heavy atom. The first-order valence-corrected chi connectivity index (χ1v) is 11.4. The van der Waals surface area contributed by atoms with Crippen LogP contribution in [-0.2, 0) is 10.0 Å². The predicted octanol–water partition coefficient (Wildman–Crippen LogP) is 3.45. The first-order valence-electron chi connectivity index (χ1n) is 8.34. The zero-order chi connectivity index (χ0) is 19.8. The summed E-state index contributed by atoms with van der Waals surface area (Å²) in [6, 6.07) is 10.3. The molecule has 0 saturated carbocycles. The highest BCUT2D eigenvalue weighted by atomic mass is 35.5. The Balaban J connectivity index is 2.15. The van der Waals surface area contributed by atoms with Crippen molar-refractivity contribution in [3.8, 4) is 0 Å². The molecule has 0 saturated heterocycles. The van der Waals surface area contributed by atoms with Crippen molar-refractivity contribution in [3.05, 3.63) is 52.5 Å². The SMILES string of the molecule is CCSCC1Nc2cc(Cl)c(S(N)(=O)=O)cc2C(=O)N1c1ccccc1C. The van der Waals surface area contributed by atoms with Crippen LogP contribution in [-0.4, -0.2) is 32.0 Å². The van der Waals surface area contributed by atoms with Crippen LogP contribution in [0, 0.1) is 6.92 Å². The average molecular weight is 426 g/mol. The quantitative estimate of drug-likeness (QED) is 0.765. The second-order valence-corrected chi connectivity index (χ2v) is 9.41. The molecule has 144 valence electrons. The van der Waals surface area contributed by atoms with Gasteiger partial charge in [0.15, 0.2) is 0 Å². The van der Waals surface area contributed by atoms with Gasteiger partial charge in [-0.25, -0.2) is 13.6 Å². The number of para-hydroxylation sites is 1. The number of thioether (sulfide) groups is 1. The van der Waals surface area contributed by atoms with Gasteiger partial charge < -0.3 is 5.32 Å². The molecule has 0 radical (unpaired) electrons. The van der Waals surface area contributed by atoms with Gasteiger partial charge in [0.25, 0.3) is 5.91 Å². The number of rotatable bonds is 5. The minimum atomic E-state index is -4.04. The summed E-state index contributed by atoms with van der Waals surface area (Å²) in [4.78, 5) is 14.7. The average Bonchev–Trinajstić information content (AvgIpc) is 2.59. The maximum Gasteiger partial charge on any atom is 0.262 e. The third-order valence-electron chi connectivity index (χ3n) is 4.32. The number of nitrogens with one attached hydrogen (secondary N) is 1. The fourth-order valence-corrected chi connectivity index (χ4v) is 4.83. The van der Waals surface area contributed by atoms with Crippen LogP contribution in [0.4, 0.5) is 11.4 Å². The van der Waals surface area contributed by atoms with E-state index in [-0.39, 0.29) is 27.6 Å². The normalized spacial score (nSPS) is 16.8. The molecule has 27 heavy (non-hydrogen) atoms. The molecule has 0 aliphatic carbocycles. The number of hydrogen-bond donors (Lipinski definition) is 2. The van der Waals surface area contributed by atoms with Crippen LogP contribution in [0.3, 0.4) is 0 Å². The van der Waals surface area contributed by atoms with E-state index in [0.29, 0.717) is 11.4 Å². The number of hydrogen-bond acceptors (Lipinski definition) is 5. The second kappa shape index (κ2) is 7.71. The van der Waals surface area contributed by atoms with E-state index in [2.05, 4.69) is 12.2 Å². The molecular weight excluding hydrogens is 406 g/mol. The first kappa shape index (κ1) is 20.0. The lowest BCUT2D eigenvalue weighted by Crippen LogP contribution is -2.51. The van der Waals surface area contributed by atoms with Gasteiger partial charge in [-0.05, 0) is 36.4 Å². The van der Waals surface area contributed by atoms with E-state index < -0.39 is 10.0 Å². The zero-order valence-corrected chi connectivity index (χ0v) is 17.3. The summed E-state index contributed by atoms with van der Waals surface area (Å²) in [6.45, 7) is 3.98. The number of halogens is 1. The van der Waals surface area contributed by atoms with E-state index in [1.807, 2.05) is 31.2 Å². The number of carbonyl (C=O) groups is 1. The molecule has 3 N–H and O–H groups in total. The number of nitrogens with two attached hydrogens (primary N) is 1. The van der Waals surface area contributed by atoms with Gasteiger partial charge >= 0.3 is 0 Å². The number of benzene rings is 2. The number of nitrogens with zero attached hydrogens (tertiary/aromatic N) is 1. The molecule has 1 heterocycles. The monoisotopic (exact) mass is 425 g/mol. The van der Waals surface area contributed by atoms with Crippen molar-refractivity contribution in [1.82, 2.24) is 0 Å². The molecule has 1 aliphatic rings. The van der Waals surface area contributed by atoms with Crippen LogP contribution in [0.2, 0.25) is 5.02 Å². The molecule has 1 aliphatic heterocycles. The van der Waals surface area contributed by atoms with Crippen molar-refractivity contribution >= 4 is 50.7 Å². The maximum absolute atomic E-state index is 13.3. The Kier molecular flexibility index (Phi) is 5.71. The number of primary sulfonamides is 1. The summed E-state index contributed by atoms with van der Waals surface area (Å²) in [6.07, 6.45) is -0.285. The number of amides is 1. The van der Waals surface area contributed by atoms with Crippen LogP contribution in [0.25, 0.3) is 0 Å². The molecule has 0 aromatic heterocycles. The summed E-state index contributed by atoms with van der Waals surface area (Å²) in [7, 11) is -4.04. The minimum absolute atomic E-state index is 0.0113. The van der Waals surface area contributed by atoms with Gasteiger partial charge in [-0.15, -0.1) is 0 Å². The molecule has 0 spiro atoms. The fourth-order valence-electron chi connectivity index (χ4n) is 3.04. The van der Waals surface area contributed by atoms with E-state index in [4.69, 9.17) is 16.7 Å². The van der Waals surface area contributed by atoms with Crippen molar-refractivity contribution in [2.75, 3.05) is 21.7 Å². The third kappa shape index (κ3) is 3.94. The summed E-state index contributed by atoms with van der Waals surface area (Å²) < 4.78 is 23.6. The van der Waals surface area contributed by atoms with E-state index in [0.717, 1.165) is 17.0 Å². The number of anilines is 2. The van der Waals surface area contributed by atoms with Crippen molar-refractivity contribution < 1.29 is 13.2 Å². The summed E-state index contributed by atoms with van der Waals surface area (Å²) in [5.74, 6) is 1.29. The van der Waals surface area contributed by atoms with Crippen LogP contribution in [0.5, 0.6) is 0 Å². The Hall–Kier alpha value is -1.74. The smallest absolute Gasteiger partial charge is 0.262 e. The Morgan fingerprint density at radius 1 is 1.30 bits per heavy atom. The van der Waals surface area contributed by atoms with Gasteiger partial charge in [-0.2, -0.15) is 11.8 Å². The lowest BCUT2D eigenvalue weighted by Gasteiger charge is -2.38. The highest BCUT2D eigenvalue weighted by Gasteiger charge is 2.35. The molecule has 6 nitrogen and oxygen atoms in total.